The quantitative estimate of drug-likeness (QED) is 0.233. The fraction of sp³-hybridized carbons (Fsp3) is 0.394. The Morgan fingerprint density at radius 2 is 1.77 bits per heavy atom. The van der Waals surface area contributed by atoms with E-state index in [4.69, 9.17) is 49.0 Å². The molecule has 1 aromatic heterocycles. The van der Waals surface area contributed by atoms with E-state index in [0.717, 1.165) is 29.5 Å². The molecular formula is C33H36Cl3N5O6. The highest BCUT2D eigenvalue weighted by atomic mass is 35.5. The summed E-state index contributed by atoms with van der Waals surface area (Å²) in [4.78, 5) is 46.4. The first-order chi connectivity index (χ1) is 22.6. The molecule has 2 aromatic carbocycles. The number of benzene rings is 2. The molecule has 2 aliphatic rings. The second kappa shape index (κ2) is 15.9. The van der Waals surface area contributed by atoms with Crippen LogP contribution in [0.4, 0.5) is 10.5 Å². The Morgan fingerprint density at radius 3 is 2.45 bits per heavy atom. The van der Waals surface area contributed by atoms with Crippen LogP contribution in [0.1, 0.15) is 29.5 Å². The summed E-state index contributed by atoms with van der Waals surface area (Å²) < 4.78 is 16.5. The van der Waals surface area contributed by atoms with E-state index in [0.29, 0.717) is 38.8 Å². The zero-order chi connectivity index (χ0) is 33.5. The lowest BCUT2D eigenvalue weighted by Gasteiger charge is -2.38. The summed E-state index contributed by atoms with van der Waals surface area (Å²) in [5.74, 6) is 0.306. The zero-order valence-corrected chi connectivity index (χ0v) is 28.3. The van der Waals surface area contributed by atoms with Gasteiger partial charge in [-0.2, -0.15) is 0 Å². The maximum atomic E-state index is 14.1. The van der Waals surface area contributed by atoms with Gasteiger partial charge in [-0.3, -0.25) is 14.5 Å². The Labute approximate surface area is 288 Å². The number of aromatic nitrogens is 1. The van der Waals surface area contributed by atoms with Gasteiger partial charge in [0, 0.05) is 43.7 Å². The average molecular weight is 705 g/mol. The number of pyridine rings is 1. The van der Waals surface area contributed by atoms with Crippen LogP contribution in [0.25, 0.3) is 0 Å². The first-order valence-corrected chi connectivity index (χ1v) is 16.4. The number of carbonyl (C=O) groups is 3. The van der Waals surface area contributed by atoms with E-state index in [9.17, 15) is 14.4 Å². The summed E-state index contributed by atoms with van der Waals surface area (Å²) >= 11 is 19.1. The maximum Gasteiger partial charge on any atom is 0.406 e. The number of anilines is 1. The van der Waals surface area contributed by atoms with Crippen molar-refractivity contribution in [2.24, 2.45) is 0 Å². The maximum absolute atomic E-state index is 14.1. The van der Waals surface area contributed by atoms with Crippen LogP contribution in [0.3, 0.4) is 0 Å². The number of hydrogen-bond donors (Lipinski definition) is 2. The lowest BCUT2D eigenvalue weighted by Crippen LogP contribution is -2.61. The molecule has 1 aliphatic heterocycles. The molecule has 3 amide bonds. The van der Waals surface area contributed by atoms with Gasteiger partial charge in [0.15, 0.2) is 5.75 Å². The molecule has 0 radical (unpaired) electrons. The summed E-state index contributed by atoms with van der Waals surface area (Å²) in [6, 6.07) is 11.8. The van der Waals surface area contributed by atoms with Gasteiger partial charge in [-0.1, -0.05) is 46.9 Å². The highest BCUT2D eigenvalue weighted by molar-refractivity contribution is 6.37. The van der Waals surface area contributed by atoms with Crippen LogP contribution in [0.2, 0.25) is 15.1 Å². The second-order valence-corrected chi connectivity index (χ2v) is 12.5. The molecule has 2 heterocycles. The highest BCUT2D eigenvalue weighted by Crippen LogP contribution is 2.34. The lowest BCUT2D eigenvalue weighted by molar-refractivity contribution is -0.136. The van der Waals surface area contributed by atoms with Crippen molar-refractivity contribution >= 4 is 58.4 Å². The number of aryl methyl sites for hydroxylation is 1. The molecule has 250 valence electrons. The van der Waals surface area contributed by atoms with Crippen molar-refractivity contribution in [1.82, 2.24) is 20.5 Å². The van der Waals surface area contributed by atoms with E-state index in [1.807, 2.05) is 19.1 Å². The van der Waals surface area contributed by atoms with Crippen molar-refractivity contribution in [2.75, 3.05) is 44.9 Å². The lowest BCUT2D eigenvalue weighted by atomic mass is 10.1. The molecule has 1 saturated heterocycles. The van der Waals surface area contributed by atoms with Gasteiger partial charge in [0.2, 0.25) is 17.7 Å². The number of nitrogens with zero attached hydrogens (tertiary/aromatic N) is 3. The molecule has 1 aliphatic carbocycles. The minimum atomic E-state index is -0.772. The molecule has 1 saturated carbocycles. The van der Waals surface area contributed by atoms with Crippen molar-refractivity contribution in [2.45, 2.75) is 44.8 Å². The number of alkyl carbamates (subject to hydrolysis) is 1. The Balaban J connectivity index is 1.23. The van der Waals surface area contributed by atoms with E-state index in [1.165, 1.54) is 18.1 Å². The van der Waals surface area contributed by atoms with Crippen LogP contribution in [-0.2, 0) is 27.3 Å². The van der Waals surface area contributed by atoms with Crippen LogP contribution >= 0.6 is 34.8 Å². The Morgan fingerprint density at radius 1 is 1.02 bits per heavy atom. The van der Waals surface area contributed by atoms with E-state index in [1.54, 1.807) is 35.2 Å². The normalized spacial score (nSPS) is 16.1. The molecule has 14 heteroatoms. The topological polar surface area (TPSA) is 122 Å². The van der Waals surface area contributed by atoms with Gasteiger partial charge in [-0.05, 0) is 60.7 Å². The number of halogens is 3. The predicted octanol–water partition coefficient (Wildman–Crippen LogP) is 5.20. The van der Waals surface area contributed by atoms with Crippen LogP contribution in [0, 0.1) is 6.92 Å². The number of nitrogens with one attached hydrogen (secondary N) is 2. The van der Waals surface area contributed by atoms with Gasteiger partial charge >= 0.3 is 6.09 Å². The molecular weight excluding hydrogens is 669 g/mol. The van der Waals surface area contributed by atoms with E-state index in [2.05, 4.69) is 15.6 Å². The minimum absolute atomic E-state index is 0.0541. The smallest absolute Gasteiger partial charge is 0.406 e. The third-order valence-corrected chi connectivity index (χ3v) is 8.68. The fourth-order valence-corrected chi connectivity index (χ4v) is 6.17. The molecule has 47 heavy (non-hydrogen) atoms. The molecule has 5 rings (SSSR count). The Kier molecular flexibility index (Phi) is 11.7. The van der Waals surface area contributed by atoms with Gasteiger partial charge in [-0.25, -0.2) is 9.78 Å². The third kappa shape index (κ3) is 8.98. The molecule has 0 bridgehead atoms. The van der Waals surface area contributed by atoms with Crippen LogP contribution in [-0.4, -0.2) is 79.8 Å². The van der Waals surface area contributed by atoms with E-state index in [-0.39, 0.29) is 57.3 Å². The molecule has 3 aromatic rings. The van der Waals surface area contributed by atoms with Crippen molar-refractivity contribution in [3.63, 3.8) is 0 Å². The Hall–Kier alpha value is -3.77. The molecule has 0 spiro atoms. The number of hydrogen-bond acceptors (Lipinski definition) is 8. The average Bonchev–Trinajstić information content (AvgIpc) is 3.89. The number of rotatable bonds is 13. The van der Waals surface area contributed by atoms with Crippen LogP contribution < -0.4 is 25.0 Å². The highest BCUT2D eigenvalue weighted by Gasteiger charge is 2.41. The largest absolute Gasteiger partial charge is 0.487 e. The van der Waals surface area contributed by atoms with Crippen molar-refractivity contribution < 1.29 is 28.6 Å². The number of ether oxygens (including phenoxy) is 3. The van der Waals surface area contributed by atoms with E-state index < -0.39 is 12.1 Å². The van der Waals surface area contributed by atoms with Crippen LogP contribution in [0.5, 0.6) is 11.6 Å². The SMILES string of the molecule is CNC(=O)OCCc1ccc(Cl)c(CN(C(=O)[C@H]2CNCC(=O)N2c2ccc(OCCOc3c(Cl)cc(C)cc3Cl)nc2)C2CC2)c1. The second-order valence-electron chi connectivity index (χ2n) is 11.3. The van der Waals surface area contributed by atoms with Gasteiger partial charge in [0.05, 0.1) is 35.1 Å². The Bertz CT molecular complexity index is 1580. The minimum Gasteiger partial charge on any atom is -0.487 e. The zero-order valence-electron chi connectivity index (χ0n) is 26.1. The third-order valence-electron chi connectivity index (χ3n) is 7.75. The fourth-order valence-electron chi connectivity index (χ4n) is 5.29. The summed E-state index contributed by atoms with van der Waals surface area (Å²) in [5.41, 5.74) is 3.13. The number of carbonyl (C=O) groups excluding carboxylic acids is 3. The summed E-state index contributed by atoms with van der Waals surface area (Å²) in [6.07, 6.45) is 3.27. The van der Waals surface area contributed by atoms with Crippen LogP contribution in [0.15, 0.2) is 48.7 Å². The molecule has 2 N–H and O–H groups in total. The molecule has 0 unspecified atom stereocenters. The summed E-state index contributed by atoms with van der Waals surface area (Å²) in [5, 5.41) is 6.87. The van der Waals surface area contributed by atoms with Gasteiger partial charge in [0.25, 0.3) is 0 Å². The number of piperazine rings is 1. The summed E-state index contributed by atoms with van der Waals surface area (Å²) in [7, 11) is 1.50. The summed E-state index contributed by atoms with van der Waals surface area (Å²) in [6.45, 7) is 3.14. The predicted molar refractivity (Wildman–Crippen MR) is 180 cm³/mol. The van der Waals surface area contributed by atoms with Crippen molar-refractivity contribution in [3.05, 3.63) is 80.4 Å². The first-order valence-electron chi connectivity index (χ1n) is 15.3. The molecule has 11 nitrogen and oxygen atoms in total. The van der Waals surface area contributed by atoms with E-state index >= 15 is 0 Å². The molecule has 2 fully saturated rings. The monoisotopic (exact) mass is 703 g/mol. The first kappa shape index (κ1) is 34.6. The van der Waals surface area contributed by atoms with Gasteiger partial charge in [0.1, 0.15) is 19.3 Å². The molecule has 1 atom stereocenters. The van der Waals surface area contributed by atoms with Gasteiger partial charge < -0.3 is 29.7 Å². The van der Waals surface area contributed by atoms with Crippen molar-refractivity contribution in [3.8, 4) is 11.6 Å². The standard InChI is InChI=1S/C33H36Cl3N5O6/c1-20-13-26(35)31(27(36)14-20)46-12-11-45-29-8-6-24(16-39-29)41-28(17-38-18-30(41)42)32(43)40(23-4-5-23)19-22-15-21(3-7-25(22)34)9-10-47-33(44)37-2/h3,6-8,13-16,23,28,38H,4-5,9-12,17-19H2,1-2H3,(H,37,44)/t28-/m1/s1. The number of amides is 3. The van der Waals surface area contributed by atoms with Gasteiger partial charge in [-0.15, -0.1) is 0 Å². The van der Waals surface area contributed by atoms with Crippen molar-refractivity contribution in [1.29, 1.82) is 0 Å².